The van der Waals surface area contributed by atoms with Gasteiger partial charge in [-0.3, -0.25) is 4.90 Å². The largest absolute Gasteiger partial charge is 0.478 e. The Morgan fingerprint density at radius 1 is 1.35 bits per heavy atom. The number of carboxylic acid groups (broad SMARTS) is 1. The molecule has 3 aliphatic heterocycles. The molecular weight excluding hydrogens is 300 g/mol. The molecule has 23 heavy (non-hydrogen) atoms. The topological polar surface area (TPSA) is 86.6 Å². The van der Waals surface area contributed by atoms with Crippen LogP contribution >= 0.6 is 0 Å². The summed E-state index contributed by atoms with van der Waals surface area (Å²) in [5.41, 5.74) is 5.30. The van der Waals surface area contributed by atoms with Gasteiger partial charge in [0.05, 0.1) is 29.7 Å². The molecular formula is C15H12N4O4. The van der Waals surface area contributed by atoms with Crippen LogP contribution in [-0.2, 0) is 9.78 Å². The highest BCUT2D eigenvalue weighted by molar-refractivity contribution is 5.88. The molecule has 3 heterocycles. The number of benzene rings is 1. The van der Waals surface area contributed by atoms with E-state index >= 15 is 0 Å². The van der Waals surface area contributed by atoms with Crippen molar-refractivity contribution in [3.63, 3.8) is 0 Å². The Hall–Kier alpha value is -3.26. The predicted molar refractivity (Wildman–Crippen MR) is 79.9 cm³/mol. The third-order valence-electron chi connectivity index (χ3n) is 3.57. The summed E-state index contributed by atoms with van der Waals surface area (Å²) in [4.78, 5) is 23.4. The number of hydrogen-bond donors (Lipinski definition) is 2. The van der Waals surface area contributed by atoms with Gasteiger partial charge in [-0.25, -0.2) is 15.3 Å². The van der Waals surface area contributed by atoms with Crippen LogP contribution < -0.4 is 5.48 Å². The van der Waals surface area contributed by atoms with Crippen LogP contribution in [0, 0.1) is 0 Å². The second kappa shape index (κ2) is 5.18. The minimum absolute atomic E-state index is 0.221. The van der Waals surface area contributed by atoms with E-state index in [0.717, 1.165) is 11.3 Å². The van der Waals surface area contributed by atoms with Crippen molar-refractivity contribution in [3.05, 3.63) is 65.3 Å². The van der Waals surface area contributed by atoms with Crippen molar-refractivity contribution in [3.8, 4) is 0 Å². The number of allylic oxidation sites excluding steroid dienone is 2. The molecule has 2 N–H and O–H groups in total. The van der Waals surface area contributed by atoms with Crippen LogP contribution in [-0.4, -0.2) is 33.9 Å². The van der Waals surface area contributed by atoms with Gasteiger partial charge in [0.1, 0.15) is 6.34 Å². The lowest BCUT2D eigenvalue weighted by molar-refractivity contribution is -0.117. The highest BCUT2D eigenvalue weighted by Crippen LogP contribution is 2.26. The van der Waals surface area contributed by atoms with Gasteiger partial charge in [-0.1, -0.05) is 17.3 Å². The summed E-state index contributed by atoms with van der Waals surface area (Å²) in [5.74, 6) is -0.302. The van der Waals surface area contributed by atoms with Gasteiger partial charge in [-0.15, -0.1) is 0 Å². The zero-order valence-corrected chi connectivity index (χ0v) is 11.8. The van der Waals surface area contributed by atoms with E-state index in [-0.39, 0.29) is 5.56 Å². The molecule has 0 unspecified atom stereocenters. The third kappa shape index (κ3) is 2.40. The average molecular weight is 312 g/mol. The molecule has 0 atom stereocenters. The second-order valence-electron chi connectivity index (χ2n) is 5.05. The number of carbonyl (C=O) groups is 1. The number of hydrogen-bond acceptors (Lipinski definition) is 7. The van der Waals surface area contributed by atoms with Gasteiger partial charge < -0.3 is 9.94 Å². The first-order valence-corrected chi connectivity index (χ1v) is 6.86. The lowest BCUT2D eigenvalue weighted by atomic mass is 10.1. The molecule has 0 saturated heterocycles. The predicted octanol–water partition coefficient (Wildman–Crippen LogP) is 1.45. The van der Waals surface area contributed by atoms with E-state index in [1.807, 2.05) is 17.0 Å². The third-order valence-corrected chi connectivity index (χ3v) is 3.57. The van der Waals surface area contributed by atoms with Crippen molar-refractivity contribution in [1.82, 2.24) is 15.4 Å². The summed E-state index contributed by atoms with van der Waals surface area (Å²) < 4.78 is 0. The number of aromatic carboxylic acids is 1. The molecule has 8 heteroatoms. The monoisotopic (exact) mass is 312 g/mol. The smallest absolute Gasteiger partial charge is 0.335 e. The van der Waals surface area contributed by atoms with Gasteiger partial charge in [-0.2, -0.15) is 4.94 Å². The fourth-order valence-electron chi connectivity index (χ4n) is 2.39. The number of hydroxylamine groups is 3. The van der Waals surface area contributed by atoms with E-state index in [1.165, 1.54) is 0 Å². The molecule has 4 rings (SSSR count). The van der Waals surface area contributed by atoms with Gasteiger partial charge in [0.15, 0.2) is 0 Å². The van der Waals surface area contributed by atoms with Crippen LogP contribution in [0.25, 0.3) is 5.70 Å². The van der Waals surface area contributed by atoms with Gasteiger partial charge in [0.25, 0.3) is 0 Å². The molecule has 0 radical (unpaired) electrons. The molecule has 0 saturated carbocycles. The first kappa shape index (κ1) is 13.4. The summed E-state index contributed by atoms with van der Waals surface area (Å²) in [6.07, 6.45) is 7.03. The normalized spacial score (nSPS) is 18.7. The minimum Gasteiger partial charge on any atom is -0.478 e. The van der Waals surface area contributed by atoms with E-state index in [9.17, 15) is 4.79 Å². The van der Waals surface area contributed by atoms with Crippen molar-refractivity contribution < 1.29 is 19.7 Å². The van der Waals surface area contributed by atoms with Crippen LogP contribution in [0.5, 0.6) is 0 Å². The maximum atomic E-state index is 11.1. The van der Waals surface area contributed by atoms with Gasteiger partial charge in [0, 0.05) is 11.6 Å². The molecule has 0 aromatic heterocycles. The first-order chi connectivity index (χ1) is 11.2. The summed E-state index contributed by atoms with van der Waals surface area (Å²) in [5, 5.41) is 14.4. The van der Waals surface area contributed by atoms with E-state index in [1.54, 1.807) is 41.9 Å². The minimum atomic E-state index is -0.968. The van der Waals surface area contributed by atoms with Crippen molar-refractivity contribution in [2.24, 2.45) is 5.16 Å². The maximum absolute atomic E-state index is 11.1. The Kier molecular flexibility index (Phi) is 3.02. The summed E-state index contributed by atoms with van der Waals surface area (Å²) >= 11 is 0. The lowest BCUT2D eigenvalue weighted by Crippen LogP contribution is -2.30. The Morgan fingerprint density at radius 3 is 3.13 bits per heavy atom. The summed E-state index contributed by atoms with van der Waals surface area (Å²) in [6, 6.07) is 6.63. The van der Waals surface area contributed by atoms with Crippen LogP contribution in [0.15, 0.2) is 59.4 Å². The number of carboxylic acids is 1. The molecule has 116 valence electrons. The SMILES string of the molecule is O=C(O)c1cccc(C2=CN(C3=CC=C4ON=CN4C3)ON2)c1. The van der Waals surface area contributed by atoms with Gasteiger partial charge in [0.2, 0.25) is 5.88 Å². The summed E-state index contributed by atoms with van der Waals surface area (Å²) in [7, 11) is 0. The van der Waals surface area contributed by atoms with Crippen molar-refractivity contribution >= 4 is 18.0 Å². The number of oxime groups is 1. The molecule has 1 aromatic rings. The summed E-state index contributed by atoms with van der Waals surface area (Å²) in [6.45, 7) is 0.552. The molecule has 0 aliphatic carbocycles. The van der Waals surface area contributed by atoms with Crippen LogP contribution in [0.1, 0.15) is 15.9 Å². The van der Waals surface area contributed by atoms with Crippen LogP contribution in [0.3, 0.4) is 0 Å². The Morgan fingerprint density at radius 2 is 2.26 bits per heavy atom. The molecule has 3 aliphatic rings. The number of rotatable bonds is 3. The Balaban J connectivity index is 1.57. The lowest BCUT2D eigenvalue weighted by Gasteiger charge is -2.23. The number of nitrogens with zero attached hydrogens (tertiary/aromatic N) is 3. The van der Waals surface area contributed by atoms with Gasteiger partial charge in [-0.05, 0) is 18.2 Å². The van der Waals surface area contributed by atoms with E-state index in [0.29, 0.717) is 18.1 Å². The number of nitrogens with one attached hydrogen (secondary N) is 1. The average Bonchev–Trinajstić information content (AvgIpc) is 3.23. The highest BCUT2D eigenvalue weighted by Gasteiger charge is 2.25. The van der Waals surface area contributed by atoms with Crippen molar-refractivity contribution in [2.45, 2.75) is 0 Å². The maximum Gasteiger partial charge on any atom is 0.335 e. The van der Waals surface area contributed by atoms with Crippen molar-refractivity contribution in [1.29, 1.82) is 0 Å². The Labute approximate surface area is 131 Å². The molecule has 0 fully saturated rings. The van der Waals surface area contributed by atoms with E-state index < -0.39 is 5.97 Å². The van der Waals surface area contributed by atoms with Crippen LogP contribution in [0.2, 0.25) is 0 Å². The highest BCUT2D eigenvalue weighted by atomic mass is 16.8. The van der Waals surface area contributed by atoms with E-state index in [4.69, 9.17) is 14.9 Å². The fraction of sp³-hybridized carbons (Fsp3) is 0.0667. The van der Waals surface area contributed by atoms with Crippen LogP contribution in [0.4, 0.5) is 0 Å². The Bertz CT molecular complexity index is 796. The van der Waals surface area contributed by atoms with E-state index in [2.05, 4.69) is 10.6 Å². The van der Waals surface area contributed by atoms with Crippen molar-refractivity contribution in [2.75, 3.05) is 6.54 Å². The standard InChI is InChI=1S/C15H12N4O4/c20-15(21)11-3-1-2-10(6-11)13-8-19(23-17-13)12-4-5-14-18(7-12)9-16-22-14/h1-6,8-9,17H,7H2,(H,20,21). The fourth-order valence-corrected chi connectivity index (χ4v) is 2.39. The molecule has 0 spiro atoms. The number of fused-ring (bicyclic) bond motifs is 1. The van der Waals surface area contributed by atoms with Gasteiger partial charge >= 0.3 is 5.97 Å². The zero-order chi connectivity index (χ0) is 15.8. The molecule has 1 aromatic carbocycles. The quantitative estimate of drug-likeness (QED) is 0.873. The second-order valence-corrected chi connectivity index (χ2v) is 5.05. The molecule has 0 amide bonds. The molecule has 0 bridgehead atoms. The zero-order valence-electron chi connectivity index (χ0n) is 11.8. The molecule has 8 nitrogen and oxygen atoms in total. The first-order valence-electron chi connectivity index (χ1n) is 6.86.